The molecule has 10 nitrogen and oxygen atoms in total. The molecule has 0 rings (SSSR count). The Morgan fingerprint density at radius 3 is 0.667 bits per heavy atom. The molecule has 0 aromatic heterocycles. The van der Waals surface area contributed by atoms with Crippen LogP contribution in [0.3, 0.4) is 0 Å². The summed E-state index contributed by atoms with van der Waals surface area (Å²) in [6, 6.07) is 0. The van der Waals surface area contributed by atoms with Gasteiger partial charge in [-0.25, -0.2) is 0 Å². The molecule has 8 atom stereocenters. The third kappa shape index (κ3) is 17.4. The molecule has 0 N–H and O–H groups in total. The van der Waals surface area contributed by atoms with Gasteiger partial charge in [0.2, 0.25) is 0 Å². The van der Waals surface area contributed by atoms with Crippen LogP contribution in [0, 0.1) is 0 Å². The molecule has 0 amide bonds. The van der Waals surface area contributed by atoms with Crippen molar-refractivity contribution in [2.45, 2.75) is 211 Å². The molecule has 0 fully saturated rings. The second-order valence-electron chi connectivity index (χ2n) is 12.4. The van der Waals surface area contributed by atoms with Gasteiger partial charge >= 0.3 is 288 Å². The summed E-state index contributed by atoms with van der Waals surface area (Å²) in [6.07, 6.45) is 3.98. The van der Waals surface area contributed by atoms with E-state index in [9.17, 15) is 0 Å². The first kappa shape index (κ1) is 45.9. The van der Waals surface area contributed by atoms with Crippen LogP contribution in [0.5, 0.6) is 0 Å². The normalized spacial score (nSPS) is 21.9. The van der Waals surface area contributed by atoms with E-state index in [0.29, 0.717) is 12.8 Å². The summed E-state index contributed by atoms with van der Waals surface area (Å²) in [4.78, 5) is 0. The standard InChI is InChI=1S/2C12H27O4Si.2C4H9O.Zr/c2*1-7-10(4)14-17(13,15-11(5)8-2)16-12(6)9-3;2*1-3-4(2)5;/h2*10-12H,7-9H2,1-6H3;2*4H,3H2,1-2H3;/q4*-1;+4. The molecule has 0 heterocycles. The zero-order valence-corrected chi connectivity index (χ0v) is 36.3. The van der Waals surface area contributed by atoms with Crippen LogP contribution >= 0.6 is 0 Å². The van der Waals surface area contributed by atoms with Crippen LogP contribution in [-0.4, -0.2) is 66.9 Å². The Hall–Kier alpha value is 0.917. The summed E-state index contributed by atoms with van der Waals surface area (Å²) < 4.78 is 68.5. The maximum absolute atomic E-state index is 7.20. The predicted molar refractivity (Wildman–Crippen MR) is 180 cm³/mol. The summed E-state index contributed by atoms with van der Waals surface area (Å²) in [5.74, 6) is 0. The Morgan fingerprint density at radius 1 is 0.333 bits per heavy atom. The van der Waals surface area contributed by atoms with Gasteiger partial charge in [0, 0.05) is 0 Å². The van der Waals surface area contributed by atoms with Crippen molar-refractivity contribution in [2.75, 3.05) is 0 Å². The van der Waals surface area contributed by atoms with Gasteiger partial charge in [-0.1, -0.05) is 0 Å². The monoisotopic (exact) mass is 762 g/mol. The predicted octanol–water partition coefficient (Wildman–Crippen LogP) is 9.23. The number of hydrogen-bond acceptors (Lipinski definition) is 10. The van der Waals surface area contributed by atoms with E-state index in [2.05, 4.69) is 55.4 Å². The molecule has 45 heavy (non-hydrogen) atoms. The van der Waals surface area contributed by atoms with Crippen molar-refractivity contribution < 1.29 is 59.2 Å². The van der Waals surface area contributed by atoms with Gasteiger partial charge in [0.05, 0.1) is 0 Å². The molecule has 13 heteroatoms. The van der Waals surface area contributed by atoms with Crippen molar-refractivity contribution >= 4 is 18.1 Å². The molecule has 0 bridgehead atoms. The van der Waals surface area contributed by atoms with E-state index in [0.717, 1.165) is 38.5 Å². The molecule has 0 saturated heterocycles. The van der Waals surface area contributed by atoms with Gasteiger partial charge in [-0.15, -0.1) is 0 Å². The van der Waals surface area contributed by atoms with Gasteiger partial charge in [-0.2, -0.15) is 0 Å². The molecule has 0 aliphatic carbocycles. The minimum atomic E-state index is -5.43. The van der Waals surface area contributed by atoms with Crippen LogP contribution in [0.4, 0.5) is 0 Å². The van der Waals surface area contributed by atoms with Crippen LogP contribution in [0.1, 0.15) is 162 Å². The van der Waals surface area contributed by atoms with Crippen LogP contribution < -0.4 is 0 Å². The van der Waals surface area contributed by atoms with Crippen molar-refractivity contribution in [1.82, 2.24) is 0 Å². The van der Waals surface area contributed by atoms with E-state index < -0.39 is 40.1 Å². The first-order chi connectivity index (χ1) is 21.1. The molecule has 0 spiro atoms. The van der Waals surface area contributed by atoms with Crippen LogP contribution in [-0.2, 0) is 59.2 Å². The Labute approximate surface area is 287 Å². The molecule has 272 valence electrons. The Bertz CT molecular complexity index is 632. The van der Waals surface area contributed by atoms with Gasteiger partial charge in [-0.3, -0.25) is 0 Å². The Balaban J connectivity index is 7.77. The van der Waals surface area contributed by atoms with Crippen molar-refractivity contribution in [1.29, 1.82) is 0 Å². The summed E-state index contributed by atoms with van der Waals surface area (Å²) >= 11 is -5.43. The Morgan fingerprint density at radius 2 is 0.511 bits per heavy atom. The second kappa shape index (κ2) is 23.3. The van der Waals surface area contributed by atoms with E-state index in [1.54, 1.807) is 0 Å². The summed E-state index contributed by atoms with van der Waals surface area (Å²) in [6.45, 7) is 32.5. The third-order valence-electron chi connectivity index (χ3n) is 7.86. The number of hydrogen-bond donors (Lipinski definition) is 0. The van der Waals surface area contributed by atoms with Gasteiger partial charge in [0.15, 0.2) is 0 Å². The quantitative estimate of drug-likeness (QED) is 0.0719. The summed E-state index contributed by atoms with van der Waals surface area (Å²) in [5, 5.41) is 0. The molecule has 0 aromatic carbocycles. The van der Waals surface area contributed by atoms with Gasteiger partial charge in [-0.05, 0) is 0 Å². The fraction of sp³-hybridized carbons (Fsp3) is 1.00. The van der Waals surface area contributed by atoms with Crippen LogP contribution in [0.15, 0.2) is 0 Å². The molecule has 0 aliphatic rings. The van der Waals surface area contributed by atoms with Crippen molar-refractivity contribution in [3.8, 4) is 0 Å². The molecule has 0 aliphatic heterocycles. The first-order valence-corrected chi connectivity index (χ1v) is 25.2. The minimum absolute atomic E-state index is 0.216. The SMILES string of the molecule is CCC(C)O[Si](OC(C)CC)(OC(C)CC)[O][Zr]([O]C(C)CC)([O]C(C)CC)[O][Si](OC(C)CC)(OC(C)CC)OC(C)CC. The molecule has 0 aromatic rings. The van der Waals surface area contributed by atoms with Gasteiger partial charge < -0.3 is 0 Å². The molecular formula is C32H72O10Si2Zr. The average molecular weight is 764 g/mol. The second-order valence-corrected chi connectivity index (χ2v) is 22.8. The van der Waals surface area contributed by atoms with Gasteiger partial charge in [0.25, 0.3) is 0 Å². The van der Waals surface area contributed by atoms with Crippen LogP contribution in [0.2, 0.25) is 0 Å². The zero-order valence-electron chi connectivity index (χ0n) is 31.9. The van der Waals surface area contributed by atoms with Crippen molar-refractivity contribution in [2.24, 2.45) is 0 Å². The fourth-order valence-electron chi connectivity index (χ4n) is 3.40. The van der Waals surface area contributed by atoms with E-state index in [4.69, 9.17) is 37.2 Å². The van der Waals surface area contributed by atoms with Crippen molar-refractivity contribution in [3.63, 3.8) is 0 Å². The van der Waals surface area contributed by atoms with Crippen molar-refractivity contribution in [3.05, 3.63) is 0 Å². The summed E-state index contributed by atoms with van der Waals surface area (Å²) in [5.41, 5.74) is 0. The molecule has 0 radical (unpaired) electrons. The van der Waals surface area contributed by atoms with E-state index in [1.165, 1.54) is 0 Å². The fourth-order valence-corrected chi connectivity index (χ4v) is 21.3. The first-order valence-electron chi connectivity index (χ1n) is 17.9. The molecule has 8 unspecified atom stereocenters. The maximum atomic E-state index is 7.20. The van der Waals surface area contributed by atoms with E-state index >= 15 is 0 Å². The van der Waals surface area contributed by atoms with Gasteiger partial charge in [0.1, 0.15) is 0 Å². The number of rotatable bonds is 28. The molecule has 0 saturated carbocycles. The zero-order chi connectivity index (χ0) is 34.8. The van der Waals surface area contributed by atoms with E-state index in [1.807, 2.05) is 55.4 Å². The Kier molecular flexibility index (Phi) is 23.8. The topological polar surface area (TPSA) is 92.3 Å². The third-order valence-corrected chi connectivity index (χ3v) is 23.8. The van der Waals surface area contributed by atoms with Crippen LogP contribution in [0.25, 0.3) is 0 Å². The average Bonchev–Trinajstić information content (AvgIpc) is 2.99. The molecular weight excluding hydrogens is 692 g/mol. The van der Waals surface area contributed by atoms with E-state index in [-0.39, 0.29) is 48.8 Å². The summed E-state index contributed by atoms with van der Waals surface area (Å²) in [7, 11) is -8.03.